The summed E-state index contributed by atoms with van der Waals surface area (Å²) in [6.07, 6.45) is 4.47. The van der Waals surface area contributed by atoms with Gasteiger partial charge in [0.2, 0.25) is 0 Å². The van der Waals surface area contributed by atoms with Crippen molar-refractivity contribution in [2.24, 2.45) is 0 Å². The Morgan fingerprint density at radius 1 is 1.46 bits per heavy atom. The molecule has 1 aromatic heterocycles. The first-order chi connectivity index (χ1) is 11.7. The van der Waals surface area contributed by atoms with Gasteiger partial charge in [-0.2, -0.15) is 0 Å². The molecule has 0 saturated carbocycles. The topological polar surface area (TPSA) is 65.5 Å². The molecule has 2 N–H and O–H groups in total. The number of benzene rings is 1. The average molecular weight is 345 g/mol. The Morgan fingerprint density at radius 3 is 3.04 bits per heavy atom. The molecule has 128 valence electrons. The molecule has 0 unspecified atom stereocenters. The number of thiazole rings is 1. The lowest BCUT2D eigenvalue weighted by Gasteiger charge is -2.36. The lowest BCUT2D eigenvalue weighted by Crippen LogP contribution is -2.47. The molecule has 1 aromatic carbocycles. The number of amides is 2. The van der Waals surface area contributed by atoms with Gasteiger partial charge in [-0.25, -0.2) is 9.78 Å². The van der Waals surface area contributed by atoms with Crippen molar-refractivity contribution in [2.45, 2.75) is 32.2 Å². The van der Waals surface area contributed by atoms with E-state index in [0.717, 1.165) is 29.8 Å². The molecule has 5 nitrogen and oxygen atoms in total. The quantitative estimate of drug-likeness (QED) is 0.875. The Bertz CT molecular complexity index is 701. The molecule has 1 atom stereocenters. The second kappa shape index (κ2) is 7.77. The van der Waals surface area contributed by atoms with Crippen molar-refractivity contribution in [3.8, 4) is 0 Å². The molecule has 0 saturated heterocycles. The van der Waals surface area contributed by atoms with Gasteiger partial charge in [0, 0.05) is 30.6 Å². The number of nitrogens with zero attached hydrogens (tertiary/aromatic N) is 2. The Kier molecular flexibility index (Phi) is 5.48. The number of aryl methyl sites for hydroxylation is 1. The standard InChI is InChI=1S/C18H23N3O2S/c1-2-14-11-20-17(24-14)7-9-19-18(23)21-10-8-13-5-3-4-6-15(13)16(21)12-22/h3-6,11,16,22H,2,7-10,12H2,1H3,(H,19,23)/t16-/m0/s1. The largest absolute Gasteiger partial charge is 0.394 e. The fraction of sp³-hybridized carbons (Fsp3) is 0.444. The molecule has 2 amide bonds. The van der Waals surface area contributed by atoms with Crippen molar-refractivity contribution in [2.75, 3.05) is 19.7 Å². The minimum atomic E-state index is -0.262. The molecule has 1 aliphatic rings. The zero-order valence-corrected chi connectivity index (χ0v) is 14.7. The van der Waals surface area contributed by atoms with Gasteiger partial charge in [0.05, 0.1) is 17.7 Å². The number of hydrogen-bond donors (Lipinski definition) is 2. The van der Waals surface area contributed by atoms with Gasteiger partial charge in [0.1, 0.15) is 0 Å². The first kappa shape index (κ1) is 16.9. The number of aliphatic hydroxyl groups excluding tert-OH is 1. The summed E-state index contributed by atoms with van der Waals surface area (Å²) in [5.41, 5.74) is 2.27. The van der Waals surface area contributed by atoms with Crippen molar-refractivity contribution >= 4 is 17.4 Å². The van der Waals surface area contributed by atoms with Gasteiger partial charge >= 0.3 is 6.03 Å². The minimum Gasteiger partial charge on any atom is -0.394 e. The van der Waals surface area contributed by atoms with Crippen LogP contribution in [0.15, 0.2) is 30.5 Å². The van der Waals surface area contributed by atoms with Gasteiger partial charge in [-0.1, -0.05) is 31.2 Å². The Morgan fingerprint density at radius 2 is 2.29 bits per heavy atom. The summed E-state index contributed by atoms with van der Waals surface area (Å²) < 4.78 is 0. The monoisotopic (exact) mass is 345 g/mol. The van der Waals surface area contributed by atoms with E-state index in [0.29, 0.717) is 13.1 Å². The van der Waals surface area contributed by atoms with Crippen LogP contribution < -0.4 is 5.32 Å². The van der Waals surface area contributed by atoms with E-state index < -0.39 is 0 Å². The van der Waals surface area contributed by atoms with E-state index in [9.17, 15) is 9.90 Å². The molecule has 3 rings (SSSR count). The molecule has 2 aromatic rings. The first-order valence-electron chi connectivity index (χ1n) is 8.39. The normalized spacial score (nSPS) is 16.8. The molecule has 24 heavy (non-hydrogen) atoms. The molecule has 0 radical (unpaired) electrons. The lowest BCUT2D eigenvalue weighted by atomic mass is 9.93. The van der Waals surface area contributed by atoms with Crippen molar-refractivity contribution < 1.29 is 9.90 Å². The Balaban J connectivity index is 1.58. The van der Waals surface area contributed by atoms with Gasteiger partial charge in [-0.15, -0.1) is 11.3 Å². The van der Waals surface area contributed by atoms with E-state index in [4.69, 9.17) is 0 Å². The van der Waals surface area contributed by atoms with Gasteiger partial charge in [0.25, 0.3) is 0 Å². The van der Waals surface area contributed by atoms with Crippen molar-refractivity contribution in [1.82, 2.24) is 15.2 Å². The lowest BCUT2D eigenvalue weighted by molar-refractivity contribution is 0.127. The highest BCUT2D eigenvalue weighted by atomic mass is 32.1. The minimum absolute atomic E-state index is 0.0588. The van der Waals surface area contributed by atoms with E-state index in [1.54, 1.807) is 16.2 Å². The van der Waals surface area contributed by atoms with Gasteiger partial charge in [-0.3, -0.25) is 0 Å². The fourth-order valence-corrected chi connectivity index (χ4v) is 3.96. The van der Waals surface area contributed by atoms with Crippen LogP contribution in [0.25, 0.3) is 0 Å². The van der Waals surface area contributed by atoms with Crippen LogP contribution in [0.2, 0.25) is 0 Å². The Hall–Kier alpha value is -1.92. The summed E-state index contributed by atoms with van der Waals surface area (Å²) in [5.74, 6) is 0. The van der Waals surface area contributed by atoms with Crippen LogP contribution >= 0.6 is 11.3 Å². The first-order valence-corrected chi connectivity index (χ1v) is 9.21. The molecule has 6 heteroatoms. The third kappa shape index (κ3) is 3.60. The van der Waals surface area contributed by atoms with Gasteiger partial charge in [0.15, 0.2) is 0 Å². The maximum Gasteiger partial charge on any atom is 0.318 e. The second-order valence-electron chi connectivity index (χ2n) is 5.90. The number of hydrogen-bond acceptors (Lipinski definition) is 4. The third-order valence-electron chi connectivity index (χ3n) is 4.41. The number of carbonyl (C=O) groups is 1. The Labute approximate surface area is 146 Å². The summed E-state index contributed by atoms with van der Waals surface area (Å²) in [4.78, 5) is 19.9. The van der Waals surface area contributed by atoms with Crippen LogP contribution in [0, 0.1) is 0 Å². The van der Waals surface area contributed by atoms with Crippen LogP contribution in [0.5, 0.6) is 0 Å². The van der Waals surface area contributed by atoms with E-state index in [2.05, 4.69) is 23.3 Å². The summed E-state index contributed by atoms with van der Waals surface area (Å²) >= 11 is 1.70. The second-order valence-corrected chi connectivity index (χ2v) is 7.10. The number of aliphatic hydroxyl groups is 1. The molecule has 0 aliphatic carbocycles. The number of rotatable bonds is 5. The van der Waals surface area contributed by atoms with Crippen LogP contribution in [-0.2, 0) is 19.3 Å². The van der Waals surface area contributed by atoms with E-state index in [-0.39, 0.29) is 18.7 Å². The zero-order chi connectivity index (χ0) is 16.9. The van der Waals surface area contributed by atoms with Gasteiger partial charge in [-0.05, 0) is 24.0 Å². The SMILES string of the molecule is CCc1cnc(CCNC(=O)N2CCc3ccccc3[C@@H]2CO)s1. The molecule has 0 fully saturated rings. The van der Waals surface area contributed by atoms with Crippen LogP contribution in [0.3, 0.4) is 0 Å². The summed E-state index contributed by atoms with van der Waals surface area (Å²) in [6.45, 7) is 3.25. The fourth-order valence-electron chi connectivity index (χ4n) is 3.10. The van der Waals surface area contributed by atoms with Crippen molar-refractivity contribution in [1.29, 1.82) is 0 Å². The highest BCUT2D eigenvalue weighted by molar-refractivity contribution is 7.11. The van der Waals surface area contributed by atoms with Gasteiger partial charge < -0.3 is 15.3 Å². The van der Waals surface area contributed by atoms with Crippen molar-refractivity contribution in [3.63, 3.8) is 0 Å². The third-order valence-corrected chi connectivity index (χ3v) is 5.61. The smallest absolute Gasteiger partial charge is 0.318 e. The van der Waals surface area contributed by atoms with Crippen LogP contribution in [0.4, 0.5) is 4.79 Å². The number of nitrogens with one attached hydrogen (secondary N) is 1. The molecule has 1 aliphatic heterocycles. The highest BCUT2D eigenvalue weighted by Gasteiger charge is 2.29. The summed E-state index contributed by atoms with van der Waals surface area (Å²) in [7, 11) is 0. The number of carbonyl (C=O) groups excluding carboxylic acids is 1. The molecular formula is C18H23N3O2S. The van der Waals surface area contributed by atoms with E-state index in [1.807, 2.05) is 24.4 Å². The summed E-state index contributed by atoms with van der Waals surface area (Å²) in [5, 5.41) is 13.8. The average Bonchev–Trinajstić information content (AvgIpc) is 3.08. The highest BCUT2D eigenvalue weighted by Crippen LogP contribution is 2.29. The molecule has 0 bridgehead atoms. The van der Waals surface area contributed by atoms with E-state index in [1.165, 1.54) is 10.4 Å². The van der Waals surface area contributed by atoms with E-state index >= 15 is 0 Å². The van der Waals surface area contributed by atoms with Crippen molar-refractivity contribution in [3.05, 3.63) is 51.5 Å². The predicted octanol–water partition coefficient (Wildman–Crippen LogP) is 2.55. The maximum atomic E-state index is 12.5. The molecule has 0 spiro atoms. The molecular weight excluding hydrogens is 322 g/mol. The number of aromatic nitrogens is 1. The predicted molar refractivity (Wildman–Crippen MR) is 95.3 cm³/mol. The molecule has 2 heterocycles. The van der Waals surface area contributed by atoms with Crippen LogP contribution in [-0.4, -0.2) is 40.7 Å². The zero-order valence-electron chi connectivity index (χ0n) is 13.9. The number of fused-ring (bicyclic) bond motifs is 1. The number of urea groups is 1. The summed E-state index contributed by atoms with van der Waals surface area (Å²) in [6, 6.07) is 7.65. The van der Waals surface area contributed by atoms with Crippen LogP contribution in [0.1, 0.15) is 34.0 Å². The maximum absolute atomic E-state index is 12.5.